The van der Waals surface area contributed by atoms with Crippen LogP contribution in [0.2, 0.25) is 0 Å². The average molecular weight is 521 g/mol. The summed E-state index contributed by atoms with van der Waals surface area (Å²) in [5.74, 6) is 0.684. The number of nitrogens with zero attached hydrogens (tertiary/aromatic N) is 3. The van der Waals surface area contributed by atoms with Crippen molar-refractivity contribution < 1.29 is 18.9 Å². The van der Waals surface area contributed by atoms with Crippen molar-refractivity contribution in [2.75, 3.05) is 20.3 Å². The lowest BCUT2D eigenvalue weighted by Crippen LogP contribution is -2.42. The Morgan fingerprint density at radius 3 is 1.95 bits per heavy atom. The molecule has 6 nitrogen and oxygen atoms in total. The zero-order valence-electron chi connectivity index (χ0n) is 22.5. The molecular formula is C33H34N3O3+. The van der Waals surface area contributed by atoms with Gasteiger partial charge in [0.05, 0.1) is 6.61 Å². The number of hydrogen-bond donors (Lipinski definition) is 0. The molecule has 6 heteroatoms. The summed E-state index contributed by atoms with van der Waals surface area (Å²) in [7, 11) is 1.65. The summed E-state index contributed by atoms with van der Waals surface area (Å²) in [4.78, 5) is 29.9. The Kier molecular flexibility index (Phi) is 8.25. The number of hydrogen-bond acceptors (Lipinski definition) is 4. The molecule has 1 heterocycles. The first-order valence-corrected chi connectivity index (χ1v) is 13.3. The van der Waals surface area contributed by atoms with Gasteiger partial charge in [0.15, 0.2) is 0 Å². The maximum absolute atomic E-state index is 13.8. The van der Waals surface area contributed by atoms with Gasteiger partial charge in [-0.05, 0) is 17.2 Å². The standard InChI is InChI=1S/C33H34N3O3/c1-25-35(19-11-12-22-39-2)30-31(33(38)29-18-10-9-17-28(29)32(30)37)36(25)21-20-34(23-26-13-5-3-6-14-26)24-27-15-7-4-8-16-27/h3-18H,19-24H2,1-2H3/q+1/b12-11+. The highest BCUT2D eigenvalue weighted by Gasteiger charge is 2.42. The topological polar surface area (TPSA) is 55.4 Å². The number of ketones is 2. The minimum absolute atomic E-state index is 0.0967. The van der Waals surface area contributed by atoms with Gasteiger partial charge in [-0.2, -0.15) is 0 Å². The van der Waals surface area contributed by atoms with E-state index in [0.717, 1.165) is 18.9 Å². The summed E-state index contributed by atoms with van der Waals surface area (Å²) in [6.45, 7) is 5.85. The van der Waals surface area contributed by atoms with E-state index in [2.05, 4.69) is 53.4 Å². The summed E-state index contributed by atoms with van der Waals surface area (Å²) < 4.78 is 9.16. The Bertz CT molecular complexity index is 1450. The number of carbonyl (C=O) groups excluding carboxylic acids is 2. The number of rotatable bonds is 11. The van der Waals surface area contributed by atoms with E-state index in [1.165, 1.54) is 11.1 Å². The number of ether oxygens (including phenoxy) is 1. The molecule has 3 aromatic carbocycles. The van der Waals surface area contributed by atoms with Crippen molar-refractivity contribution in [2.45, 2.75) is 33.1 Å². The Morgan fingerprint density at radius 2 is 1.36 bits per heavy atom. The molecule has 0 saturated heterocycles. The predicted molar refractivity (Wildman–Crippen MR) is 151 cm³/mol. The van der Waals surface area contributed by atoms with E-state index in [9.17, 15) is 9.59 Å². The van der Waals surface area contributed by atoms with Crippen molar-refractivity contribution in [3.05, 3.63) is 137 Å². The highest BCUT2D eigenvalue weighted by atomic mass is 16.5. The van der Waals surface area contributed by atoms with E-state index in [-0.39, 0.29) is 11.6 Å². The average Bonchev–Trinajstić information content (AvgIpc) is 3.25. The number of aromatic nitrogens is 2. The molecule has 0 aliphatic heterocycles. The molecule has 0 spiro atoms. The van der Waals surface area contributed by atoms with Crippen LogP contribution in [0.1, 0.15) is 49.1 Å². The van der Waals surface area contributed by atoms with Crippen molar-refractivity contribution in [3.63, 3.8) is 0 Å². The maximum atomic E-state index is 13.8. The highest BCUT2D eigenvalue weighted by Crippen LogP contribution is 2.27. The molecule has 0 fully saturated rings. The Morgan fingerprint density at radius 1 is 0.795 bits per heavy atom. The minimum atomic E-state index is -0.104. The van der Waals surface area contributed by atoms with Crippen LogP contribution >= 0.6 is 0 Å². The number of fused-ring (bicyclic) bond motifs is 2. The van der Waals surface area contributed by atoms with E-state index < -0.39 is 0 Å². The van der Waals surface area contributed by atoms with Crippen molar-refractivity contribution in [3.8, 4) is 0 Å². The van der Waals surface area contributed by atoms with E-state index in [1.54, 1.807) is 19.2 Å². The second kappa shape index (κ2) is 12.2. The largest absolute Gasteiger partial charge is 0.381 e. The molecule has 0 atom stereocenters. The van der Waals surface area contributed by atoms with Crippen molar-refractivity contribution in [1.29, 1.82) is 0 Å². The van der Waals surface area contributed by atoms with Crippen LogP contribution in [0, 0.1) is 6.92 Å². The van der Waals surface area contributed by atoms with Gasteiger partial charge in [0.1, 0.15) is 13.1 Å². The Balaban J connectivity index is 1.50. The van der Waals surface area contributed by atoms with Crippen molar-refractivity contribution in [1.82, 2.24) is 9.47 Å². The summed E-state index contributed by atoms with van der Waals surface area (Å²) in [5, 5.41) is 0. The fourth-order valence-electron chi connectivity index (χ4n) is 5.30. The third-order valence-electron chi connectivity index (χ3n) is 7.25. The summed E-state index contributed by atoms with van der Waals surface area (Å²) >= 11 is 0. The van der Waals surface area contributed by atoms with Crippen molar-refractivity contribution in [2.24, 2.45) is 0 Å². The van der Waals surface area contributed by atoms with E-state index >= 15 is 0 Å². The Hall–Kier alpha value is -4.13. The number of imidazole rings is 1. The smallest absolute Gasteiger partial charge is 0.254 e. The molecule has 0 bridgehead atoms. The normalized spacial score (nSPS) is 12.8. The second-order valence-corrected chi connectivity index (χ2v) is 9.82. The molecule has 198 valence electrons. The third-order valence-corrected chi connectivity index (χ3v) is 7.25. The molecule has 0 unspecified atom stereocenters. The number of carbonyl (C=O) groups is 2. The lowest BCUT2D eigenvalue weighted by Gasteiger charge is -2.22. The molecule has 1 aliphatic carbocycles. The first kappa shape index (κ1) is 26.5. The fourth-order valence-corrected chi connectivity index (χ4v) is 5.30. The molecular weight excluding hydrogens is 486 g/mol. The van der Waals surface area contributed by atoms with Gasteiger partial charge in [-0.1, -0.05) is 91.0 Å². The highest BCUT2D eigenvalue weighted by molar-refractivity contribution is 6.26. The number of allylic oxidation sites excluding steroid dienone is 1. The molecule has 1 aromatic heterocycles. The van der Waals surface area contributed by atoms with E-state index in [1.807, 2.05) is 52.5 Å². The molecule has 39 heavy (non-hydrogen) atoms. The first-order chi connectivity index (χ1) is 19.1. The quantitative estimate of drug-likeness (QED) is 0.186. The monoisotopic (exact) mass is 520 g/mol. The Labute approximate surface area is 229 Å². The number of benzene rings is 3. The summed E-state index contributed by atoms with van der Waals surface area (Å²) in [5.41, 5.74) is 4.36. The summed E-state index contributed by atoms with van der Waals surface area (Å²) in [6.07, 6.45) is 3.91. The van der Waals surface area contributed by atoms with E-state index in [0.29, 0.717) is 48.8 Å². The third kappa shape index (κ3) is 5.67. The molecule has 0 N–H and O–H groups in total. The van der Waals surface area contributed by atoms with Crippen LogP contribution in [-0.2, 0) is 30.9 Å². The molecule has 0 amide bonds. The predicted octanol–water partition coefficient (Wildman–Crippen LogP) is 4.76. The van der Waals surface area contributed by atoms with Crippen LogP contribution in [0.3, 0.4) is 0 Å². The molecule has 0 saturated carbocycles. The van der Waals surface area contributed by atoms with Crippen LogP contribution in [0.5, 0.6) is 0 Å². The summed E-state index contributed by atoms with van der Waals surface area (Å²) in [6, 6.07) is 28.0. The fraction of sp³-hybridized carbons (Fsp3) is 0.242. The molecule has 5 rings (SSSR count). The maximum Gasteiger partial charge on any atom is 0.254 e. The van der Waals surface area contributed by atoms with Crippen LogP contribution in [0.25, 0.3) is 0 Å². The zero-order chi connectivity index (χ0) is 27.2. The van der Waals surface area contributed by atoms with E-state index in [4.69, 9.17) is 4.74 Å². The molecule has 0 radical (unpaired) electrons. The van der Waals surface area contributed by atoms with Gasteiger partial charge in [-0.25, -0.2) is 9.13 Å². The zero-order valence-corrected chi connectivity index (χ0v) is 22.5. The first-order valence-electron chi connectivity index (χ1n) is 13.3. The van der Waals surface area contributed by atoms with Crippen molar-refractivity contribution >= 4 is 11.6 Å². The SMILES string of the molecule is COC/C=C/C[n+]1c2c(n(CCN(Cc3ccccc3)Cc3ccccc3)c1C)C(=O)c1ccccc1C2=O. The van der Waals surface area contributed by atoms with Crippen LogP contribution in [-0.4, -0.2) is 41.3 Å². The van der Waals surface area contributed by atoms with Crippen LogP contribution in [0.15, 0.2) is 97.1 Å². The van der Waals surface area contributed by atoms with Gasteiger partial charge in [0.25, 0.3) is 5.82 Å². The lowest BCUT2D eigenvalue weighted by atomic mass is 9.90. The minimum Gasteiger partial charge on any atom is -0.381 e. The van der Waals surface area contributed by atoms with Gasteiger partial charge in [-0.3, -0.25) is 14.5 Å². The van der Waals surface area contributed by atoms with Gasteiger partial charge in [0.2, 0.25) is 23.0 Å². The van der Waals surface area contributed by atoms with Gasteiger partial charge < -0.3 is 4.74 Å². The van der Waals surface area contributed by atoms with Crippen LogP contribution < -0.4 is 4.57 Å². The molecule has 1 aliphatic rings. The van der Waals surface area contributed by atoms with Gasteiger partial charge in [0, 0.05) is 44.8 Å². The second-order valence-electron chi connectivity index (χ2n) is 9.82. The van der Waals surface area contributed by atoms with Crippen LogP contribution in [0.4, 0.5) is 0 Å². The lowest BCUT2D eigenvalue weighted by molar-refractivity contribution is -0.694. The molecule has 4 aromatic rings. The van der Waals surface area contributed by atoms with Gasteiger partial charge >= 0.3 is 0 Å². The number of methoxy groups -OCH3 is 1. The van der Waals surface area contributed by atoms with Gasteiger partial charge in [-0.15, -0.1) is 0 Å².